The van der Waals surface area contributed by atoms with E-state index in [1.807, 2.05) is 32.9 Å². The van der Waals surface area contributed by atoms with Gasteiger partial charge in [-0.1, -0.05) is 6.07 Å². The quantitative estimate of drug-likeness (QED) is 0.528. The molecular formula is C22H26O6. The topological polar surface area (TPSA) is 71.1 Å². The fourth-order valence-corrected chi connectivity index (χ4v) is 2.98. The highest BCUT2D eigenvalue weighted by Gasteiger charge is 2.26. The molecule has 2 rings (SSSR count). The Labute approximate surface area is 165 Å². The van der Waals surface area contributed by atoms with Crippen LogP contribution in [0.1, 0.15) is 44.3 Å². The number of esters is 1. The molecule has 0 radical (unpaired) electrons. The number of rotatable bonds is 7. The van der Waals surface area contributed by atoms with Gasteiger partial charge in [0.25, 0.3) is 0 Å². The predicted molar refractivity (Wildman–Crippen MR) is 106 cm³/mol. The van der Waals surface area contributed by atoms with Crippen molar-refractivity contribution in [1.29, 1.82) is 0 Å². The second kappa shape index (κ2) is 8.78. The van der Waals surface area contributed by atoms with Gasteiger partial charge in [-0.2, -0.15) is 0 Å². The number of hydrogen-bond donors (Lipinski definition) is 0. The molecule has 6 nitrogen and oxygen atoms in total. The zero-order chi connectivity index (χ0) is 21.0. The summed E-state index contributed by atoms with van der Waals surface area (Å²) in [6.45, 7) is 7.35. The Morgan fingerprint density at radius 3 is 1.96 bits per heavy atom. The lowest BCUT2D eigenvalue weighted by Crippen LogP contribution is -2.25. The number of carbonyl (C=O) groups excluding carboxylic acids is 2. The van der Waals surface area contributed by atoms with Crippen LogP contribution in [0, 0.1) is 20.8 Å². The van der Waals surface area contributed by atoms with Crippen molar-refractivity contribution >= 4 is 11.8 Å². The van der Waals surface area contributed by atoms with Crippen molar-refractivity contribution < 1.29 is 28.5 Å². The van der Waals surface area contributed by atoms with E-state index >= 15 is 0 Å². The molecular weight excluding hydrogens is 360 g/mol. The normalized spacial score (nSPS) is 11.5. The number of ketones is 1. The number of carbonyl (C=O) groups is 2. The van der Waals surface area contributed by atoms with Crippen LogP contribution in [0.3, 0.4) is 0 Å². The summed E-state index contributed by atoms with van der Waals surface area (Å²) in [6.07, 6.45) is -0.953. The molecule has 6 heteroatoms. The van der Waals surface area contributed by atoms with Gasteiger partial charge in [-0.15, -0.1) is 0 Å². The molecule has 28 heavy (non-hydrogen) atoms. The molecule has 0 fully saturated rings. The van der Waals surface area contributed by atoms with Gasteiger partial charge in [0.05, 0.1) is 21.3 Å². The van der Waals surface area contributed by atoms with Gasteiger partial charge in [0.15, 0.2) is 17.6 Å². The lowest BCUT2D eigenvalue weighted by atomic mass is 9.96. The van der Waals surface area contributed by atoms with Gasteiger partial charge in [-0.3, -0.25) is 4.79 Å². The summed E-state index contributed by atoms with van der Waals surface area (Å²) in [7, 11) is 4.35. The molecule has 0 N–H and O–H groups in total. The third-order valence-electron chi connectivity index (χ3n) is 4.68. The average molecular weight is 386 g/mol. The van der Waals surface area contributed by atoms with Gasteiger partial charge >= 0.3 is 5.97 Å². The van der Waals surface area contributed by atoms with E-state index in [-0.39, 0.29) is 22.8 Å². The first-order valence-corrected chi connectivity index (χ1v) is 8.87. The average Bonchev–Trinajstić information content (AvgIpc) is 2.68. The maximum atomic E-state index is 12.8. The Morgan fingerprint density at radius 1 is 0.786 bits per heavy atom. The van der Waals surface area contributed by atoms with Crippen LogP contribution in [0.15, 0.2) is 24.3 Å². The molecule has 2 aromatic rings. The van der Waals surface area contributed by atoms with Crippen molar-refractivity contribution in [3.05, 3.63) is 52.1 Å². The number of benzene rings is 2. The van der Waals surface area contributed by atoms with E-state index < -0.39 is 12.1 Å². The van der Waals surface area contributed by atoms with E-state index in [0.717, 1.165) is 16.7 Å². The fourth-order valence-electron chi connectivity index (χ4n) is 2.98. The minimum Gasteiger partial charge on any atom is -0.493 e. The van der Waals surface area contributed by atoms with E-state index in [4.69, 9.17) is 18.9 Å². The minimum atomic E-state index is -0.953. The van der Waals surface area contributed by atoms with Crippen molar-refractivity contribution in [3.63, 3.8) is 0 Å². The molecule has 0 bridgehead atoms. The maximum absolute atomic E-state index is 12.8. The van der Waals surface area contributed by atoms with Gasteiger partial charge < -0.3 is 18.9 Å². The Bertz CT molecular complexity index is 900. The van der Waals surface area contributed by atoms with Gasteiger partial charge in [-0.05, 0) is 62.6 Å². The van der Waals surface area contributed by atoms with E-state index in [1.165, 1.54) is 27.4 Å². The number of ether oxygens (including phenoxy) is 4. The van der Waals surface area contributed by atoms with Crippen LogP contribution in [0.2, 0.25) is 0 Å². The molecule has 0 saturated heterocycles. The first kappa shape index (κ1) is 21.3. The van der Waals surface area contributed by atoms with Crippen LogP contribution >= 0.6 is 0 Å². The van der Waals surface area contributed by atoms with Crippen molar-refractivity contribution in [2.75, 3.05) is 21.3 Å². The van der Waals surface area contributed by atoms with Crippen molar-refractivity contribution in [1.82, 2.24) is 0 Å². The van der Waals surface area contributed by atoms with Gasteiger partial charge in [0, 0.05) is 5.56 Å². The summed E-state index contributed by atoms with van der Waals surface area (Å²) in [5, 5.41) is 0. The Morgan fingerprint density at radius 2 is 1.39 bits per heavy atom. The zero-order valence-corrected chi connectivity index (χ0v) is 17.3. The van der Waals surface area contributed by atoms with E-state index in [1.54, 1.807) is 13.0 Å². The highest BCUT2D eigenvalue weighted by molar-refractivity contribution is 6.03. The van der Waals surface area contributed by atoms with Gasteiger partial charge in [0.1, 0.15) is 5.56 Å². The van der Waals surface area contributed by atoms with Crippen LogP contribution in [-0.2, 0) is 4.74 Å². The summed E-state index contributed by atoms with van der Waals surface area (Å²) >= 11 is 0. The van der Waals surface area contributed by atoms with Crippen LogP contribution in [0.25, 0.3) is 0 Å². The largest absolute Gasteiger partial charge is 0.493 e. The Kier molecular flexibility index (Phi) is 6.67. The standard InChI is InChI=1S/C22H26O6/c1-12-10-14(3)17(11-13(12)2)19(23)15(4)28-22(24)16-8-9-18(25-5)21(27-7)20(16)26-6/h8-11,15H,1-7H3/t15-/m1/s1. The highest BCUT2D eigenvalue weighted by Crippen LogP contribution is 2.40. The molecule has 0 saturated carbocycles. The number of Topliss-reactive ketones (excluding diaryl/α,β-unsaturated/α-hetero) is 1. The molecule has 1 atom stereocenters. The minimum absolute atomic E-state index is 0.150. The summed E-state index contributed by atoms with van der Waals surface area (Å²) in [5.41, 5.74) is 3.65. The summed E-state index contributed by atoms with van der Waals surface area (Å²) < 4.78 is 21.2. The lowest BCUT2D eigenvalue weighted by molar-refractivity contribution is 0.0315. The molecule has 0 unspecified atom stereocenters. The van der Waals surface area contributed by atoms with Crippen LogP contribution in [0.4, 0.5) is 0 Å². The predicted octanol–water partition coefficient (Wildman–Crippen LogP) is 4.07. The van der Waals surface area contributed by atoms with E-state index in [2.05, 4.69) is 0 Å². The fraction of sp³-hybridized carbons (Fsp3) is 0.364. The smallest absolute Gasteiger partial charge is 0.342 e. The molecule has 0 aliphatic carbocycles. The highest BCUT2D eigenvalue weighted by atomic mass is 16.6. The van der Waals surface area contributed by atoms with Gasteiger partial charge in [0.2, 0.25) is 11.5 Å². The Hall–Kier alpha value is -3.02. The third kappa shape index (κ3) is 4.11. The molecule has 0 aromatic heterocycles. The monoisotopic (exact) mass is 386 g/mol. The molecule has 2 aromatic carbocycles. The zero-order valence-electron chi connectivity index (χ0n) is 17.3. The molecule has 0 aliphatic heterocycles. The lowest BCUT2D eigenvalue weighted by Gasteiger charge is -2.18. The summed E-state index contributed by atoms with van der Waals surface area (Å²) in [6, 6.07) is 6.88. The Balaban J connectivity index is 2.30. The molecule has 150 valence electrons. The number of hydrogen-bond acceptors (Lipinski definition) is 6. The first-order chi connectivity index (χ1) is 13.2. The maximum Gasteiger partial charge on any atom is 0.342 e. The first-order valence-electron chi connectivity index (χ1n) is 8.87. The summed E-state index contributed by atoms with van der Waals surface area (Å²) in [5.74, 6) is -0.0448. The van der Waals surface area contributed by atoms with E-state index in [0.29, 0.717) is 11.3 Å². The SMILES string of the molecule is COc1ccc(C(=O)O[C@H](C)C(=O)c2cc(C)c(C)cc2C)c(OC)c1OC. The number of methoxy groups -OCH3 is 3. The molecule has 0 spiro atoms. The molecule has 0 heterocycles. The summed E-state index contributed by atoms with van der Waals surface area (Å²) in [4.78, 5) is 25.5. The van der Waals surface area contributed by atoms with E-state index in [9.17, 15) is 9.59 Å². The van der Waals surface area contributed by atoms with Crippen LogP contribution < -0.4 is 14.2 Å². The van der Waals surface area contributed by atoms with Crippen LogP contribution in [-0.4, -0.2) is 39.2 Å². The van der Waals surface area contributed by atoms with Crippen molar-refractivity contribution in [3.8, 4) is 17.2 Å². The second-order valence-electron chi connectivity index (χ2n) is 6.55. The number of aryl methyl sites for hydroxylation is 3. The molecule has 0 aliphatic rings. The second-order valence-corrected chi connectivity index (χ2v) is 6.55. The van der Waals surface area contributed by atoms with Crippen molar-refractivity contribution in [2.45, 2.75) is 33.8 Å². The third-order valence-corrected chi connectivity index (χ3v) is 4.68. The van der Waals surface area contributed by atoms with Crippen molar-refractivity contribution in [2.24, 2.45) is 0 Å². The van der Waals surface area contributed by atoms with Crippen LogP contribution in [0.5, 0.6) is 17.2 Å². The molecule has 0 amide bonds. The van der Waals surface area contributed by atoms with Gasteiger partial charge in [-0.25, -0.2) is 4.79 Å².